The van der Waals surface area contributed by atoms with E-state index in [1.165, 1.54) is 12.8 Å². The smallest absolute Gasteiger partial charge is 0.319 e. The van der Waals surface area contributed by atoms with Crippen molar-refractivity contribution in [3.63, 3.8) is 0 Å². The van der Waals surface area contributed by atoms with Crippen molar-refractivity contribution in [1.29, 1.82) is 0 Å². The average molecular weight is 275 g/mol. The minimum atomic E-state index is -0.0898. The zero-order valence-corrected chi connectivity index (χ0v) is 12.4. The van der Waals surface area contributed by atoms with Gasteiger partial charge in [0.15, 0.2) is 0 Å². The van der Waals surface area contributed by atoms with Crippen LogP contribution in [0, 0.1) is 0 Å². The molecule has 1 saturated carbocycles. The van der Waals surface area contributed by atoms with Gasteiger partial charge in [-0.3, -0.25) is 0 Å². The van der Waals surface area contributed by atoms with E-state index < -0.39 is 0 Å². The van der Waals surface area contributed by atoms with E-state index in [0.29, 0.717) is 6.04 Å². The molecule has 2 rings (SSSR count). The van der Waals surface area contributed by atoms with Gasteiger partial charge in [-0.15, -0.1) is 0 Å². The SMILES string of the molecule is CCNC(C)c1ccccc1NC(=O)NC1CCCC1. The average Bonchev–Trinajstić information content (AvgIpc) is 2.92. The van der Waals surface area contributed by atoms with Gasteiger partial charge in [0, 0.05) is 17.8 Å². The van der Waals surface area contributed by atoms with E-state index in [0.717, 1.165) is 30.6 Å². The van der Waals surface area contributed by atoms with Gasteiger partial charge in [-0.2, -0.15) is 0 Å². The first kappa shape index (κ1) is 14.9. The summed E-state index contributed by atoms with van der Waals surface area (Å²) in [7, 11) is 0. The van der Waals surface area contributed by atoms with Crippen molar-refractivity contribution in [3.8, 4) is 0 Å². The molecule has 1 fully saturated rings. The van der Waals surface area contributed by atoms with Crippen LogP contribution in [0.25, 0.3) is 0 Å². The fourth-order valence-corrected chi connectivity index (χ4v) is 2.82. The lowest BCUT2D eigenvalue weighted by molar-refractivity contribution is 0.248. The summed E-state index contributed by atoms with van der Waals surface area (Å²) in [4.78, 5) is 12.1. The van der Waals surface area contributed by atoms with Crippen LogP contribution < -0.4 is 16.0 Å². The molecule has 1 aromatic rings. The van der Waals surface area contributed by atoms with Crippen LogP contribution in [-0.2, 0) is 0 Å². The fourth-order valence-electron chi connectivity index (χ4n) is 2.82. The lowest BCUT2D eigenvalue weighted by Crippen LogP contribution is -2.36. The molecular formula is C16H25N3O. The molecule has 0 aliphatic heterocycles. The monoisotopic (exact) mass is 275 g/mol. The Bertz CT molecular complexity index is 441. The molecule has 0 bridgehead atoms. The Balaban J connectivity index is 1.98. The minimum Gasteiger partial charge on any atom is -0.335 e. The van der Waals surface area contributed by atoms with Crippen LogP contribution >= 0.6 is 0 Å². The highest BCUT2D eigenvalue weighted by molar-refractivity contribution is 5.90. The van der Waals surface area contributed by atoms with Crippen LogP contribution in [0.15, 0.2) is 24.3 Å². The zero-order chi connectivity index (χ0) is 14.4. The van der Waals surface area contributed by atoms with E-state index in [-0.39, 0.29) is 12.1 Å². The van der Waals surface area contributed by atoms with E-state index in [1.807, 2.05) is 18.2 Å². The Labute approximate surface area is 121 Å². The Morgan fingerprint density at radius 3 is 2.70 bits per heavy atom. The molecule has 4 nitrogen and oxygen atoms in total. The topological polar surface area (TPSA) is 53.2 Å². The second-order valence-corrected chi connectivity index (χ2v) is 5.45. The van der Waals surface area contributed by atoms with E-state index in [2.05, 4.69) is 35.9 Å². The van der Waals surface area contributed by atoms with Crippen molar-refractivity contribution in [1.82, 2.24) is 10.6 Å². The number of hydrogen-bond donors (Lipinski definition) is 3. The van der Waals surface area contributed by atoms with Crippen molar-refractivity contribution in [2.45, 2.75) is 51.6 Å². The molecule has 1 aromatic carbocycles. The van der Waals surface area contributed by atoms with Gasteiger partial charge < -0.3 is 16.0 Å². The normalized spacial score (nSPS) is 16.9. The summed E-state index contributed by atoms with van der Waals surface area (Å²) in [5, 5.41) is 9.42. The van der Waals surface area contributed by atoms with Crippen molar-refractivity contribution < 1.29 is 4.79 Å². The third kappa shape index (κ3) is 3.97. The van der Waals surface area contributed by atoms with Crippen LogP contribution in [0.1, 0.15) is 51.1 Å². The number of amides is 2. The minimum absolute atomic E-state index is 0.0898. The second kappa shape index (κ2) is 7.29. The summed E-state index contributed by atoms with van der Waals surface area (Å²) >= 11 is 0. The third-order valence-corrected chi connectivity index (χ3v) is 3.88. The highest BCUT2D eigenvalue weighted by Gasteiger charge is 2.18. The number of rotatable bonds is 5. The zero-order valence-electron chi connectivity index (χ0n) is 12.4. The number of carbonyl (C=O) groups is 1. The van der Waals surface area contributed by atoms with E-state index >= 15 is 0 Å². The number of hydrogen-bond acceptors (Lipinski definition) is 2. The molecule has 110 valence electrons. The molecule has 0 heterocycles. The number of nitrogens with one attached hydrogen (secondary N) is 3. The van der Waals surface area contributed by atoms with Crippen molar-refractivity contribution in [2.24, 2.45) is 0 Å². The Morgan fingerprint density at radius 1 is 1.30 bits per heavy atom. The molecule has 1 atom stereocenters. The first-order valence-corrected chi connectivity index (χ1v) is 7.60. The fraction of sp³-hybridized carbons (Fsp3) is 0.562. The maximum atomic E-state index is 12.1. The molecule has 2 amide bonds. The molecule has 4 heteroatoms. The summed E-state index contributed by atoms with van der Waals surface area (Å²) in [6.45, 7) is 5.10. The second-order valence-electron chi connectivity index (χ2n) is 5.45. The number of benzene rings is 1. The molecule has 0 radical (unpaired) electrons. The highest BCUT2D eigenvalue weighted by Crippen LogP contribution is 2.23. The maximum Gasteiger partial charge on any atom is 0.319 e. The van der Waals surface area contributed by atoms with Gasteiger partial charge >= 0.3 is 6.03 Å². The summed E-state index contributed by atoms with van der Waals surface area (Å²) < 4.78 is 0. The van der Waals surface area contributed by atoms with Crippen LogP contribution in [0.2, 0.25) is 0 Å². The Kier molecular flexibility index (Phi) is 5.41. The van der Waals surface area contributed by atoms with Crippen LogP contribution in [-0.4, -0.2) is 18.6 Å². The predicted molar refractivity (Wildman–Crippen MR) is 82.9 cm³/mol. The number of urea groups is 1. The molecule has 0 aromatic heterocycles. The summed E-state index contributed by atoms with van der Waals surface area (Å²) in [5.74, 6) is 0. The predicted octanol–water partition coefficient (Wildman–Crippen LogP) is 3.42. The molecule has 1 aliphatic carbocycles. The Morgan fingerprint density at radius 2 is 2.00 bits per heavy atom. The molecule has 1 unspecified atom stereocenters. The first-order valence-electron chi connectivity index (χ1n) is 7.60. The van der Waals surface area contributed by atoms with Gasteiger partial charge in [-0.05, 0) is 37.9 Å². The molecule has 1 aliphatic rings. The molecular weight excluding hydrogens is 250 g/mol. The van der Waals surface area contributed by atoms with Gasteiger partial charge in [-0.1, -0.05) is 38.0 Å². The molecule has 0 spiro atoms. The van der Waals surface area contributed by atoms with E-state index in [9.17, 15) is 4.79 Å². The number of anilines is 1. The number of para-hydroxylation sites is 1. The quantitative estimate of drug-likeness (QED) is 0.771. The van der Waals surface area contributed by atoms with E-state index in [1.54, 1.807) is 0 Å². The van der Waals surface area contributed by atoms with Crippen LogP contribution in [0.5, 0.6) is 0 Å². The van der Waals surface area contributed by atoms with Crippen molar-refractivity contribution in [3.05, 3.63) is 29.8 Å². The van der Waals surface area contributed by atoms with Crippen molar-refractivity contribution in [2.75, 3.05) is 11.9 Å². The van der Waals surface area contributed by atoms with Gasteiger partial charge in [0.2, 0.25) is 0 Å². The Hall–Kier alpha value is -1.55. The maximum absolute atomic E-state index is 12.1. The number of carbonyl (C=O) groups excluding carboxylic acids is 1. The molecule has 0 saturated heterocycles. The standard InChI is InChI=1S/C16H25N3O/c1-3-17-12(2)14-10-6-7-11-15(14)19-16(20)18-13-8-4-5-9-13/h6-7,10-13,17H,3-5,8-9H2,1-2H3,(H2,18,19,20). The lowest BCUT2D eigenvalue weighted by atomic mass is 10.1. The van der Waals surface area contributed by atoms with Gasteiger partial charge in [0.1, 0.15) is 0 Å². The third-order valence-electron chi connectivity index (χ3n) is 3.88. The van der Waals surface area contributed by atoms with Gasteiger partial charge in [0.05, 0.1) is 0 Å². The first-order chi connectivity index (χ1) is 9.70. The molecule has 3 N–H and O–H groups in total. The van der Waals surface area contributed by atoms with Gasteiger partial charge in [0.25, 0.3) is 0 Å². The highest BCUT2D eigenvalue weighted by atomic mass is 16.2. The lowest BCUT2D eigenvalue weighted by Gasteiger charge is -2.19. The largest absolute Gasteiger partial charge is 0.335 e. The summed E-state index contributed by atoms with van der Waals surface area (Å²) in [6.07, 6.45) is 4.64. The van der Waals surface area contributed by atoms with E-state index in [4.69, 9.17) is 0 Å². The van der Waals surface area contributed by atoms with Crippen LogP contribution in [0.3, 0.4) is 0 Å². The van der Waals surface area contributed by atoms with Gasteiger partial charge in [-0.25, -0.2) is 4.79 Å². The summed E-state index contributed by atoms with van der Waals surface area (Å²) in [6, 6.07) is 8.44. The summed E-state index contributed by atoms with van der Waals surface area (Å²) in [5.41, 5.74) is 2.01. The molecule has 20 heavy (non-hydrogen) atoms. The van der Waals surface area contributed by atoms with Crippen molar-refractivity contribution >= 4 is 11.7 Å². The van der Waals surface area contributed by atoms with Crippen LogP contribution in [0.4, 0.5) is 10.5 Å².